The average molecular weight is 511 g/mol. The van der Waals surface area contributed by atoms with E-state index in [1.165, 1.54) is 96.4 Å². The molecule has 37 heavy (non-hydrogen) atoms. The molecule has 6 rings (SSSR count). The van der Waals surface area contributed by atoms with Crippen molar-refractivity contribution >= 4 is 0 Å². The van der Waals surface area contributed by atoms with Gasteiger partial charge in [-0.15, -0.1) is 0 Å². The van der Waals surface area contributed by atoms with Crippen LogP contribution in [0.5, 0.6) is 0 Å². The lowest BCUT2D eigenvalue weighted by Gasteiger charge is -2.50. The second-order valence-electron chi connectivity index (χ2n) is 14.5. The predicted molar refractivity (Wildman–Crippen MR) is 149 cm³/mol. The second-order valence-corrected chi connectivity index (χ2v) is 14.5. The molecule has 3 saturated carbocycles. The summed E-state index contributed by atoms with van der Waals surface area (Å²) in [6, 6.07) is 5.23. The molecule has 6 fully saturated rings. The number of nitriles is 1. The molecule has 3 aliphatic carbocycles. The van der Waals surface area contributed by atoms with Gasteiger partial charge in [0.15, 0.2) is 0 Å². The van der Waals surface area contributed by atoms with Crippen molar-refractivity contribution in [2.75, 3.05) is 13.1 Å². The van der Waals surface area contributed by atoms with E-state index in [9.17, 15) is 5.26 Å². The fourth-order valence-electron chi connectivity index (χ4n) is 9.83. The minimum atomic E-state index is -0.176. The molecule has 208 valence electrons. The molecule has 0 amide bonds. The van der Waals surface area contributed by atoms with Crippen LogP contribution in [0.2, 0.25) is 0 Å². The normalized spacial score (nSPS) is 47.0. The zero-order valence-corrected chi connectivity index (χ0v) is 23.6. The van der Waals surface area contributed by atoms with Crippen molar-refractivity contribution in [2.45, 2.75) is 134 Å². The van der Waals surface area contributed by atoms with Crippen LogP contribution in [0.3, 0.4) is 0 Å². The SMILES string of the molecule is CC(C)(C#N)C1CCC(C2NNC3CNC4CCC(C5CCCC(NC6CCCCN6)C5)CC4C32)CC1. The Morgan fingerprint density at radius 2 is 1.57 bits per heavy atom. The van der Waals surface area contributed by atoms with Gasteiger partial charge >= 0.3 is 0 Å². The van der Waals surface area contributed by atoms with E-state index >= 15 is 0 Å². The summed E-state index contributed by atoms with van der Waals surface area (Å²) in [7, 11) is 0. The van der Waals surface area contributed by atoms with Gasteiger partial charge in [0.05, 0.1) is 17.6 Å². The van der Waals surface area contributed by atoms with E-state index < -0.39 is 0 Å². The predicted octanol–water partition coefficient (Wildman–Crippen LogP) is 4.44. The Morgan fingerprint density at radius 1 is 0.757 bits per heavy atom. The number of rotatable bonds is 5. The first-order valence-electron chi connectivity index (χ1n) is 16.2. The highest BCUT2D eigenvalue weighted by Crippen LogP contribution is 2.49. The van der Waals surface area contributed by atoms with Crippen molar-refractivity contribution < 1.29 is 0 Å². The molecule has 6 heteroatoms. The highest BCUT2D eigenvalue weighted by Gasteiger charge is 2.52. The third-order valence-corrected chi connectivity index (χ3v) is 12.1. The molecule has 3 heterocycles. The lowest BCUT2D eigenvalue weighted by Crippen LogP contribution is -2.59. The molecular formula is C31H54N6. The quantitative estimate of drug-likeness (QED) is 0.376. The number of nitrogens with one attached hydrogen (secondary N) is 5. The van der Waals surface area contributed by atoms with Gasteiger partial charge in [-0.05, 0) is 133 Å². The van der Waals surface area contributed by atoms with Crippen LogP contribution in [0, 0.1) is 52.3 Å². The number of hydrogen-bond donors (Lipinski definition) is 5. The third-order valence-electron chi connectivity index (χ3n) is 12.1. The van der Waals surface area contributed by atoms with Crippen LogP contribution in [0.15, 0.2) is 0 Å². The summed E-state index contributed by atoms with van der Waals surface area (Å²) in [5.74, 6) is 4.74. The molecule has 0 aromatic carbocycles. The summed E-state index contributed by atoms with van der Waals surface area (Å²) < 4.78 is 0. The van der Waals surface area contributed by atoms with Gasteiger partial charge in [-0.2, -0.15) is 5.26 Å². The van der Waals surface area contributed by atoms with Gasteiger partial charge in [-0.1, -0.05) is 12.8 Å². The molecule has 9 unspecified atom stereocenters. The topological polar surface area (TPSA) is 83.9 Å². The van der Waals surface area contributed by atoms with Gasteiger partial charge < -0.3 is 10.6 Å². The maximum Gasteiger partial charge on any atom is 0.0686 e. The fraction of sp³-hybridized carbons (Fsp3) is 0.968. The Bertz CT molecular complexity index is 794. The van der Waals surface area contributed by atoms with E-state index in [4.69, 9.17) is 0 Å². The molecule has 0 aromatic heterocycles. The number of hydrogen-bond acceptors (Lipinski definition) is 6. The smallest absolute Gasteiger partial charge is 0.0686 e. The van der Waals surface area contributed by atoms with Gasteiger partial charge in [-0.25, -0.2) is 0 Å². The van der Waals surface area contributed by atoms with Crippen molar-refractivity contribution in [3.63, 3.8) is 0 Å². The van der Waals surface area contributed by atoms with Crippen molar-refractivity contribution in [1.29, 1.82) is 5.26 Å². The maximum absolute atomic E-state index is 9.65. The highest BCUT2D eigenvalue weighted by atomic mass is 15.4. The number of fused-ring (bicyclic) bond motifs is 3. The van der Waals surface area contributed by atoms with Crippen LogP contribution in [0.4, 0.5) is 0 Å². The molecular weight excluding hydrogens is 456 g/mol. The first kappa shape index (κ1) is 26.5. The standard InChI is InChI=1S/C31H54N6/c1-31(2,19-32)23-12-9-20(10-13-23)30-29-25-17-22(11-14-26(25)34-18-27(29)36-37-30)21-6-5-7-24(16-21)35-28-8-3-4-15-33-28/h20-30,33-37H,3-18H2,1-2H3. The minimum Gasteiger partial charge on any atom is -0.312 e. The third kappa shape index (κ3) is 5.64. The van der Waals surface area contributed by atoms with Gasteiger partial charge in [0.1, 0.15) is 0 Å². The molecule has 3 aliphatic heterocycles. The summed E-state index contributed by atoms with van der Waals surface area (Å²) >= 11 is 0. The van der Waals surface area contributed by atoms with Crippen molar-refractivity contribution in [2.24, 2.45) is 40.9 Å². The fourth-order valence-corrected chi connectivity index (χ4v) is 9.83. The van der Waals surface area contributed by atoms with Crippen LogP contribution >= 0.6 is 0 Å². The molecule has 6 nitrogen and oxygen atoms in total. The Morgan fingerprint density at radius 3 is 2.35 bits per heavy atom. The zero-order valence-electron chi connectivity index (χ0n) is 23.6. The van der Waals surface area contributed by atoms with Crippen LogP contribution in [-0.4, -0.2) is 43.4 Å². The monoisotopic (exact) mass is 510 g/mol. The van der Waals surface area contributed by atoms with Crippen LogP contribution in [0.25, 0.3) is 0 Å². The molecule has 6 aliphatic rings. The van der Waals surface area contributed by atoms with E-state index in [-0.39, 0.29) is 5.41 Å². The summed E-state index contributed by atoms with van der Waals surface area (Å²) in [5, 5.41) is 21.4. The molecule has 0 radical (unpaired) electrons. The lowest BCUT2D eigenvalue weighted by atomic mass is 9.59. The van der Waals surface area contributed by atoms with Crippen LogP contribution in [-0.2, 0) is 0 Å². The molecule has 3 saturated heterocycles. The van der Waals surface area contributed by atoms with E-state index in [1.54, 1.807) is 0 Å². The first-order valence-corrected chi connectivity index (χ1v) is 16.2. The van der Waals surface area contributed by atoms with Gasteiger partial charge in [0, 0.05) is 30.7 Å². The summed E-state index contributed by atoms with van der Waals surface area (Å²) in [6.45, 7) is 6.62. The Hall–Kier alpha value is -0.710. The highest BCUT2D eigenvalue weighted by molar-refractivity contribution is 5.08. The zero-order chi connectivity index (χ0) is 25.4. The molecule has 0 aromatic rings. The minimum absolute atomic E-state index is 0.176. The summed E-state index contributed by atoms with van der Waals surface area (Å²) in [6.07, 6.45) is 19.5. The molecule has 0 spiro atoms. The van der Waals surface area contributed by atoms with Gasteiger partial charge in [0.25, 0.3) is 0 Å². The van der Waals surface area contributed by atoms with Gasteiger partial charge in [0.2, 0.25) is 0 Å². The maximum atomic E-state index is 9.65. The van der Waals surface area contributed by atoms with Crippen molar-refractivity contribution in [1.82, 2.24) is 26.8 Å². The lowest BCUT2D eigenvalue weighted by molar-refractivity contribution is 0.0409. The van der Waals surface area contributed by atoms with E-state index in [0.29, 0.717) is 24.2 Å². The largest absolute Gasteiger partial charge is 0.312 e. The van der Waals surface area contributed by atoms with Crippen molar-refractivity contribution in [3.8, 4) is 6.07 Å². The van der Waals surface area contributed by atoms with Crippen LogP contribution < -0.4 is 26.8 Å². The Balaban J connectivity index is 1.08. The number of nitrogens with zero attached hydrogens (tertiary/aromatic N) is 1. The Kier molecular flexibility index (Phi) is 8.18. The van der Waals surface area contributed by atoms with E-state index in [1.807, 2.05) is 0 Å². The van der Waals surface area contributed by atoms with Crippen molar-refractivity contribution in [3.05, 3.63) is 0 Å². The summed E-state index contributed by atoms with van der Waals surface area (Å²) in [5.41, 5.74) is 7.43. The van der Waals surface area contributed by atoms with Gasteiger partial charge in [-0.3, -0.25) is 16.2 Å². The number of hydrazine groups is 1. The van der Waals surface area contributed by atoms with E-state index in [2.05, 4.69) is 46.7 Å². The number of piperidine rings is 2. The first-order chi connectivity index (χ1) is 18.0. The molecule has 5 N–H and O–H groups in total. The van der Waals surface area contributed by atoms with E-state index in [0.717, 1.165) is 48.2 Å². The summed E-state index contributed by atoms with van der Waals surface area (Å²) in [4.78, 5) is 0. The second kappa shape index (κ2) is 11.4. The molecule has 0 bridgehead atoms. The van der Waals surface area contributed by atoms with Crippen LogP contribution in [0.1, 0.15) is 104 Å². The Labute approximate surface area is 226 Å². The molecule has 9 atom stereocenters. The average Bonchev–Trinajstić information content (AvgIpc) is 3.38.